The van der Waals surface area contributed by atoms with Crippen LogP contribution in [0.15, 0.2) is 23.1 Å². The van der Waals surface area contributed by atoms with Crippen molar-refractivity contribution in [2.45, 2.75) is 25.8 Å². The molecule has 1 saturated heterocycles. The molecule has 0 spiro atoms. The lowest BCUT2D eigenvalue weighted by atomic mass is 10.2. The quantitative estimate of drug-likeness (QED) is 0.820. The number of carbonyl (C=O) groups excluding carboxylic acids is 1. The summed E-state index contributed by atoms with van der Waals surface area (Å²) in [5.41, 5.74) is 0.155. The fourth-order valence-corrected chi connectivity index (χ4v) is 2.24. The number of carbonyl (C=O) groups is 1. The zero-order chi connectivity index (χ0) is 13.0. The lowest BCUT2D eigenvalue weighted by molar-refractivity contribution is 0.0940. The van der Waals surface area contributed by atoms with Gasteiger partial charge in [-0.2, -0.15) is 0 Å². The molecule has 2 heterocycles. The molecule has 5 nitrogen and oxygen atoms in total. The van der Waals surface area contributed by atoms with Crippen molar-refractivity contribution in [1.29, 1.82) is 0 Å². The Bertz CT molecular complexity index is 463. The highest BCUT2D eigenvalue weighted by molar-refractivity contribution is 5.93. The minimum absolute atomic E-state index is 0.188. The van der Waals surface area contributed by atoms with Gasteiger partial charge >= 0.3 is 0 Å². The average molecular weight is 249 g/mol. The summed E-state index contributed by atoms with van der Waals surface area (Å²) in [6, 6.07) is 3.27. The average Bonchev–Trinajstić information content (AvgIpc) is 2.89. The number of aromatic nitrogens is 1. The van der Waals surface area contributed by atoms with E-state index in [-0.39, 0.29) is 11.5 Å². The number of hydrogen-bond donors (Lipinski definition) is 2. The first kappa shape index (κ1) is 12.8. The van der Waals surface area contributed by atoms with Crippen molar-refractivity contribution < 1.29 is 4.79 Å². The lowest BCUT2D eigenvalue weighted by Gasteiger charge is -2.23. The van der Waals surface area contributed by atoms with E-state index < -0.39 is 0 Å². The molecule has 1 aromatic heterocycles. The summed E-state index contributed by atoms with van der Waals surface area (Å²) in [5, 5.41) is 2.87. The number of nitrogens with one attached hydrogen (secondary N) is 2. The topological polar surface area (TPSA) is 65.2 Å². The highest BCUT2D eigenvalue weighted by atomic mass is 16.2. The number of pyridine rings is 1. The Morgan fingerprint density at radius 2 is 2.22 bits per heavy atom. The van der Waals surface area contributed by atoms with E-state index in [2.05, 4.69) is 22.1 Å². The molecule has 1 unspecified atom stereocenters. The summed E-state index contributed by atoms with van der Waals surface area (Å²) in [5.74, 6) is -0.188. The molecule has 2 N–H and O–H groups in total. The van der Waals surface area contributed by atoms with E-state index in [4.69, 9.17) is 0 Å². The van der Waals surface area contributed by atoms with Crippen LogP contribution in [0.25, 0.3) is 0 Å². The second kappa shape index (κ2) is 5.82. The Morgan fingerprint density at radius 1 is 1.50 bits per heavy atom. The maximum atomic E-state index is 11.8. The largest absolute Gasteiger partial charge is 0.350 e. The van der Waals surface area contributed by atoms with Crippen LogP contribution in [0.5, 0.6) is 0 Å². The van der Waals surface area contributed by atoms with Gasteiger partial charge in [0.25, 0.3) is 5.91 Å². The van der Waals surface area contributed by atoms with E-state index in [0.29, 0.717) is 18.2 Å². The highest BCUT2D eigenvalue weighted by Gasteiger charge is 2.18. The van der Waals surface area contributed by atoms with Crippen molar-refractivity contribution in [2.24, 2.45) is 0 Å². The van der Waals surface area contributed by atoms with Gasteiger partial charge in [0, 0.05) is 30.4 Å². The van der Waals surface area contributed by atoms with Crippen molar-refractivity contribution in [3.05, 3.63) is 34.2 Å². The fraction of sp³-hybridized carbons (Fsp3) is 0.538. The monoisotopic (exact) mass is 249 g/mol. The molecular weight excluding hydrogens is 230 g/mol. The fourth-order valence-electron chi connectivity index (χ4n) is 2.24. The minimum Gasteiger partial charge on any atom is -0.350 e. The predicted molar refractivity (Wildman–Crippen MR) is 69.7 cm³/mol. The SMILES string of the molecule is CC(CNC(=O)c1cc[nH]c(=O)c1)N1CCCC1. The molecule has 1 aliphatic heterocycles. The predicted octanol–water partition coefficient (Wildman–Crippen LogP) is 0.589. The zero-order valence-electron chi connectivity index (χ0n) is 10.6. The summed E-state index contributed by atoms with van der Waals surface area (Å²) >= 11 is 0. The van der Waals surface area contributed by atoms with E-state index in [0.717, 1.165) is 13.1 Å². The van der Waals surface area contributed by atoms with Gasteiger partial charge in [-0.15, -0.1) is 0 Å². The highest BCUT2D eigenvalue weighted by Crippen LogP contribution is 2.10. The molecule has 1 amide bonds. The molecule has 0 bridgehead atoms. The third kappa shape index (κ3) is 3.20. The molecule has 1 fully saturated rings. The van der Waals surface area contributed by atoms with Crippen LogP contribution in [0.3, 0.4) is 0 Å². The normalized spacial score (nSPS) is 17.6. The number of hydrogen-bond acceptors (Lipinski definition) is 3. The standard InChI is InChI=1S/C13H19N3O2/c1-10(16-6-2-3-7-16)9-15-13(18)11-4-5-14-12(17)8-11/h4-5,8,10H,2-3,6-7,9H2,1H3,(H,14,17)(H,15,18). The van der Waals surface area contributed by atoms with Gasteiger partial charge < -0.3 is 10.3 Å². The van der Waals surface area contributed by atoms with Crippen molar-refractivity contribution >= 4 is 5.91 Å². The van der Waals surface area contributed by atoms with Crippen LogP contribution in [0.4, 0.5) is 0 Å². The Morgan fingerprint density at radius 3 is 2.89 bits per heavy atom. The summed E-state index contributed by atoms with van der Waals surface area (Å²) in [6.45, 7) is 4.96. The van der Waals surface area contributed by atoms with Gasteiger partial charge in [-0.3, -0.25) is 14.5 Å². The second-order valence-corrected chi connectivity index (χ2v) is 4.74. The maximum absolute atomic E-state index is 11.8. The molecule has 5 heteroatoms. The number of amides is 1. The van der Waals surface area contributed by atoms with Crippen molar-refractivity contribution in [3.63, 3.8) is 0 Å². The molecule has 0 saturated carbocycles. The smallest absolute Gasteiger partial charge is 0.251 e. The molecule has 18 heavy (non-hydrogen) atoms. The van der Waals surface area contributed by atoms with Gasteiger partial charge in [0.1, 0.15) is 0 Å². The van der Waals surface area contributed by atoms with Crippen molar-refractivity contribution in [2.75, 3.05) is 19.6 Å². The van der Waals surface area contributed by atoms with Crippen LogP contribution >= 0.6 is 0 Å². The van der Waals surface area contributed by atoms with Crippen LogP contribution in [0.1, 0.15) is 30.1 Å². The van der Waals surface area contributed by atoms with Crippen molar-refractivity contribution in [3.8, 4) is 0 Å². The number of nitrogens with zero attached hydrogens (tertiary/aromatic N) is 1. The Kier molecular flexibility index (Phi) is 4.15. The van der Waals surface area contributed by atoms with Crippen LogP contribution in [0.2, 0.25) is 0 Å². The van der Waals surface area contributed by atoms with Gasteiger partial charge in [-0.05, 0) is 38.9 Å². The summed E-state index contributed by atoms with van der Waals surface area (Å²) in [6.07, 6.45) is 3.97. The lowest BCUT2D eigenvalue weighted by Crippen LogP contribution is -2.40. The van der Waals surface area contributed by atoms with Crippen LogP contribution in [-0.2, 0) is 0 Å². The van der Waals surface area contributed by atoms with Crippen LogP contribution < -0.4 is 10.9 Å². The molecule has 0 radical (unpaired) electrons. The first-order valence-electron chi connectivity index (χ1n) is 6.38. The summed E-state index contributed by atoms with van der Waals surface area (Å²) < 4.78 is 0. The van der Waals surface area contributed by atoms with Gasteiger partial charge in [-0.25, -0.2) is 0 Å². The van der Waals surface area contributed by atoms with E-state index in [1.807, 2.05) is 0 Å². The van der Waals surface area contributed by atoms with Gasteiger partial charge in [0.15, 0.2) is 0 Å². The van der Waals surface area contributed by atoms with E-state index in [1.54, 1.807) is 6.07 Å². The van der Waals surface area contributed by atoms with Gasteiger partial charge in [0.2, 0.25) is 5.56 Å². The van der Waals surface area contributed by atoms with Gasteiger partial charge in [-0.1, -0.05) is 0 Å². The molecular formula is C13H19N3O2. The third-order valence-corrected chi connectivity index (χ3v) is 3.36. The Hall–Kier alpha value is -1.62. The zero-order valence-corrected chi connectivity index (χ0v) is 10.6. The molecule has 0 aromatic carbocycles. The first-order chi connectivity index (χ1) is 8.66. The third-order valence-electron chi connectivity index (χ3n) is 3.36. The molecule has 0 aliphatic carbocycles. The molecule has 98 valence electrons. The Labute approximate surface area is 106 Å². The van der Waals surface area contributed by atoms with Crippen LogP contribution in [0, 0.1) is 0 Å². The van der Waals surface area contributed by atoms with E-state index in [9.17, 15) is 9.59 Å². The van der Waals surface area contributed by atoms with E-state index >= 15 is 0 Å². The number of likely N-dealkylation sites (tertiary alicyclic amines) is 1. The second-order valence-electron chi connectivity index (χ2n) is 4.74. The van der Waals surface area contributed by atoms with Crippen LogP contribution in [-0.4, -0.2) is 41.5 Å². The number of H-pyrrole nitrogens is 1. The Balaban J connectivity index is 1.86. The molecule has 2 rings (SSSR count). The first-order valence-corrected chi connectivity index (χ1v) is 6.38. The minimum atomic E-state index is -0.254. The van der Waals surface area contributed by atoms with Gasteiger partial charge in [0.05, 0.1) is 0 Å². The number of rotatable bonds is 4. The molecule has 1 atom stereocenters. The van der Waals surface area contributed by atoms with E-state index in [1.165, 1.54) is 25.1 Å². The maximum Gasteiger partial charge on any atom is 0.251 e. The number of aromatic amines is 1. The van der Waals surface area contributed by atoms with Crippen molar-refractivity contribution in [1.82, 2.24) is 15.2 Å². The summed E-state index contributed by atoms with van der Waals surface area (Å²) in [7, 11) is 0. The summed E-state index contributed by atoms with van der Waals surface area (Å²) in [4.78, 5) is 27.8. The molecule has 1 aromatic rings. The molecule has 1 aliphatic rings.